The standard InChI is InChI=1S/C45H34N2/c1-4-31(15-14-29(2)47-45-30(3)38-13-9-8-12-37(38)28-46-45)32-16-18-34(19-17-32)40-25-21-36-22-26-41-39(33-10-6-5-7-11-33)24-20-35-23-27-42(40)44(36)43(35)41/h4-28H,1-3H3/b15-14-,31-4+,47-29+. The second kappa shape index (κ2) is 11.8. The Hall–Kier alpha value is -5.86. The van der Waals surface area contributed by atoms with E-state index in [-0.39, 0.29) is 0 Å². The van der Waals surface area contributed by atoms with Crippen molar-refractivity contribution in [3.8, 4) is 22.3 Å². The summed E-state index contributed by atoms with van der Waals surface area (Å²) in [5, 5.41) is 10.1. The molecule has 8 rings (SSSR count). The molecular weight excluding hydrogens is 569 g/mol. The third kappa shape index (κ3) is 5.09. The predicted octanol–water partition coefficient (Wildman–Crippen LogP) is 12.5. The van der Waals surface area contributed by atoms with Crippen molar-refractivity contribution in [2.24, 2.45) is 4.99 Å². The Morgan fingerprint density at radius 3 is 1.83 bits per heavy atom. The number of nitrogens with zero attached hydrogens (tertiary/aromatic N) is 2. The molecule has 224 valence electrons. The van der Waals surface area contributed by atoms with Gasteiger partial charge in [-0.1, -0.05) is 140 Å². The van der Waals surface area contributed by atoms with Crippen LogP contribution in [0.15, 0.2) is 157 Å². The van der Waals surface area contributed by atoms with E-state index in [0.717, 1.165) is 28.1 Å². The molecule has 1 heterocycles. The van der Waals surface area contributed by atoms with E-state index < -0.39 is 0 Å². The quantitative estimate of drug-likeness (QED) is 0.106. The lowest BCUT2D eigenvalue weighted by atomic mass is 9.87. The number of aliphatic imine (C=N–C) groups is 1. The van der Waals surface area contributed by atoms with E-state index in [2.05, 4.69) is 158 Å². The summed E-state index contributed by atoms with van der Waals surface area (Å²) in [6.45, 7) is 6.20. The number of rotatable bonds is 6. The average Bonchev–Trinajstić information content (AvgIpc) is 3.12. The van der Waals surface area contributed by atoms with Crippen molar-refractivity contribution >= 4 is 60.2 Å². The van der Waals surface area contributed by atoms with Gasteiger partial charge < -0.3 is 0 Å². The Morgan fingerprint density at radius 1 is 0.574 bits per heavy atom. The van der Waals surface area contributed by atoms with Crippen LogP contribution in [0.3, 0.4) is 0 Å². The maximum Gasteiger partial charge on any atom is 0.155 e. The molecule has 0 bridgehead atoms. The van der Waals surface area contributed by atoms with Crippen LogP contribution in [0.4, 0.5) is 5.82 Å². The number of fused-ring (bicyclic) bond motifs is 1. The second-order valence-corrected chi connectivity index (χ2v) is 12.2. The van der Waals surface area contributed by atoms with E-state index in [1.807, 2.05) is 19.2 Å². The molecule has 47 heavy (non-hydrogen) atoms. The van der Waals surface area contributed by atoms with Crippen molar-refractivity contribution in [3.63, 3.8) is 0 Å². The van der Waals surface area contributed by atoms with E-state index in [1.54, 1.807) is 0 Å². The number of aromatic nitrogens is 1. The largest absolute Gasteiger partial charge is 0.236 e. The molecule has 2 nitrogen and oxygen atoms in total. The highest BCUT2D eigenvalue weighted by molar-refractivity contribution is 6.27. The number of pyridine rings is 1. The van der Waals surface area contributed by atoms with Gasteiger partial charge in [0.1, 0.15) is 0 Å². The van der Waals surface area contributed by atoms with Gasteiger partial charge in [0, 0.05) is 22.9 Å². The third-order valence-corrected chi connectivity index (χ3v) is 9.40. The Bertz CT molecular complexity index is 2520. The number of aryl methyl sites for hydroxylation is 1. The molecule has 8 aromatic rings. The minimum absolute atomic E-state index is 0.766. The summed E-state index contributed by atoms with van der Waals surface area (Å²) < 4.78 is 0. The Kier molecular flexibility index (Phi) is 7.19. The van der Waals surface area contributed by atoms with Crippen LogP contribution in [0.1, 0.15) is 25.0 Å². The van der Waals surface area contributed by atoms with Crippen molar-refractivity contribution in [1.29, 1.82) is 0 Å². The fraction of sp³-hybridized carbons (Fsp3) is 0.0667. The molecule has 0 aliphatic rings. The van der Waals surface area contributed by atoms with Crippen LogP contribution in [-0.2, 0) is 0 Å². The van der Waals surface area contributed by atoms with Gasteiger partial charge in [0.15, 0.2) is 5.82 Å². The monoisotopic (exact) mass is 602 g/mol. The number of hydrogen-bond acceptors (Lipinski definition) is 2. The van der Waals surface area contributed by atoms with Crippen molar-refractivity contribution in [2.75, 3.05) is 0 Å². The van der Waals surface area contributed by atoms with Gasteiger partial charge in [-0.15, -0.1) is 0 Å². The first-order chi connectivity index (χ1) is 23.1. The maximum absolute atomic E-state index is 4.84. The number of hydrogen-bond donors (Lipinski definition) is 0. The minimum Gasteiger partial charge on any atom is -0.236 e. The van der Waals surface area contributed by atoms with Crippen LogP contribution in [0.5, 0.6) is 0 Å². The van der Waals surface area contributed by atoms with E-state index in [9.17, 15) is 0 Å². The zero-order valence-electron chi connectivity index (χ0n) is 26.8. The smallest absolute Gasteiger partial charge is 0.155 e. The molecule has 0 unspecified atom stereocenters. The molecule has 0 atom stereocenters. The lowest BCUT2D eigenvalue weighted by Crippen LogP contribution is -1.90. The molecule has 0 saturated heterocycles. The first-order valence-corrected chi connectivity index (χ1v) is 16.2. The maximum atomic E-state index is 4.84. The van der Waals surface area contributed by atoms with Gasteiger partial charge >= 0.3 is 0 Å². The van der Waals surface area contributed by atoms with Gasteiger partial charge in [-0.25, -0.2) is 9.98 Å². The molecule has 0 amide bonds. The summed E-state index contributed by atoms with van der Waals surface area (Å²) in [5.41, 5.74) is 9.32. The normalized spacial score (nSPS) is 12.7. The van der Waals surface area contributed by atoms with Gasteiger partial charge in [0.05, 0.1) is 0 Å². The Balaban J connectivity index is 1.12. The van der Waals surface area contributed by atoms with Gasteiger partial charge in [-0.2, -0.15) is 0 Å². The molecule has 0 fully saturated rings. The molecule has 0 spiro atoms. The first kappa shape index (κ1) is 28.6. The molecular formula is C45H34N2. The molecule has 0 radical (unpaired) electrons. The number of allylic oxidation sites excluding steroid dienone is 4. The summed E-state index contributed by atoms with van der Waals surface area (Å²) in [6.07, 6.45) is 8.27. The van der Waals surface area contributed by atoms with E-state index >= 15 is 0 Å². The summed E-state index contributed by atoms with van der Waals surface area (Å²) in [6, 6.07) is 46.2. The van der Waals surface area contributed by atoms with Crippen LogP contribution in [0.25, 0.3) is 70.9 Å². The topological polar surface area (TPSA) is 25.2 Å². The van der Waals surface area contributed by atoms with Crippen molar-refractivity contribution in [2.45, 2.75) is 20.8 Å². The minimum atomic E-state index is 0.766. The summed E-state index contributed by atoms with van der Waals surface area (Å²) in [5.74, 6) is 0.766. The van der Waals surface area contributed by atoms with E-state index in [1.165, 1.54) is 65.5 Å². The molecule has 2 heteroatoms. The summed E-state index contributed by atoms with van der Waals surface area (Å²) >= 11 is 0. The Morgan fingerprint density at radius 2 is 1.17 bits per heavy atom. The molecule has 0 N–H and O–H groups in total. The van der Waals surface area contributed by atoms with E-state index in [4.69, 9.17) is 4.99 Å². The SMILES string of the molecule is C\C=C(/C=C\C(C)=N\c1ncc2ccccc2c1C)c1ccc(-c2ccc3ccc4c(-c5ccccc5)ccc5ccc2c3c54)cc1. The van der Waals surface area contributed by atoms with Crippen LogP contribution < -0.4 is 0 Å². The van der Waals surface area contributed by atoms with Crippen molar-refractivity contribution in [3.05, 3.63) is 163 Å². The van der Waals surface area contributed by atoms with Crippen molar-refractivity contribution < 1.29 is 0 Å². The lowest BCUT2D eigenvalue weighted by molar-refractivity contribution is 1.25. The average molecular weight is 603 g/mol. The van der Waals surface area contributed by atoms with Crippen LogP contribution >= 0.6 is 0 Å². The van der Waals surface area contributed by atoms with Gasteiger partial charge in [0.2, 0.25) is 0 Å². The highest BCUT2D eigenvalue weighted by Crippen LogP contribution is 2.42. The summed E-state index contributed by atoms with van der Waals surface area (Å²) in [7, 11) is 0. The van der Waals surface area contributed by atoms with Gasteiger partial charge in [-0.05, 0) is 97.9 Å². The zero-order valence-corrected chi connectivity index (χ0v) is 26.8. The molecule has 1 aromatic heterocycles. The zero-order chi connectivity index (χ0) is 31.9. The third-order valence-electron chi connectivity index (χ3n) is 9.40. The highest BCUT2D eigenvalue weighted by atomic mass is 14.9. The first-order valence-electron chi connectivity index (χ1n) is 16.2. The van der Waals surface area contributed by atoms with Crippen LogP contribution in [0, 0.1) is 6.92 Å². The van der Waals surface area contributed by atoms with Crippen molar-refractivity contribution in [1.82, 2.24) is 4.98 Å². The molecule has 7 aromatic carbocycles. The van der Waals surface area contributed by atoms with Crippen LogP contribution in [0.2, 0.25) is 0 Å². The lowest BCUT2D eigenvalue weighted by Gasteiger charge is -2.16. The number of benzene rings is 7. The fourth-order valence-electron chi connectivity index (χ4n) is 6.95. The van der Waals surface area contributed by atoms with Gasteiger partial charge in [-0.3, -0.25) is 0 Å². The fourth-order valence-corrected chi connectivity index (χ4v) is 6.95. The molecule has 0 aliphatic carbocycles. The molecule has 0 aliphatic heterocycles. The van der Waals surface area contributed by atoms with E-state index in [0.29, 0.717) is 0 Å². The van der Waals surface area contributed by atoms with Gasteiger partial charge in [0.25, 0.3) is 0 Å². The predicted molar refractivity (Wildman–Crippen MR) is 203 cm³/mol. The highest BCUT2D eigenvalue weighted by Gasteiger charge is 2.15. The Labute approximate surface area is 275 Å². The second-order valence-electron chi connectivity index (χ2n) is 12.2. The van der Waals surface area contributed by atoms with Crippen LogP contribution in [-0.4, -0.2) is 10.7 Å². The molecule has 0 saturated carbocycles. The summed E-state index contributed by atoms with van der Waals surface area (Å²) in [4.78, 5) is 9.46.